The molecule has 2 atom stereocenters. The molecule has 0 aliphatic rings. The average molecular weight is 281 g/mol. The summed E-state index contributed by atoms with van der Waals surface area (Å²) in [5, 5.41) is 3.28. The van der Waals surface area contributed by atoms with Crippen molar-refractivity contribution in [3.8, 4) is 0 Å². The number of rotatable bonds is 8. The lowest BCUT2D eigenvalue weighted by Crippen LogP contribution is -2.38. The van der Waals surface area contributed by atoms with Crippen LogP contribution in [0.3, 0.4) is 0 Å². The Hall–Kier alpha value is -1.42. The van der Waals surface area contributed by atoms with Crippen molar-refractivity contribution in [1.82, 2.24) is 5.32 Å². The van der Waals surface area contributed by atoms with Crippen molar-refractivity contribution in [3.05, 3.63) is 35.6 Å². The Kier molecular flexibility index (Phi) is 7.23. The highest BCUT2D eigenvalue weighted by atomic mass is 19.1. The van der Waals surface area contributed by atoms with Crippen LogP contribution in [0.5, 0.6) is 0 Å². The van der Waals surface area contributed by atoms with E-state index in [0.29, 0.717) is 6.61 Å². The lowest BCUT2D eigenvalue weighted by molar-refractivity contribution is -0.145. The SMILES string of the molecule is CCCCC(NC(C)C(=O)OCC)c1ccc(F)cc1. The second-order valence-corrected chi connectivity index (χ2v) is 4.89. The van der Waals surface area contributed by atoms with E-state index in [9.17, 15) is 9.18 Å². The smallest absolute Gasteiger partial charge is 0.322 e. The number of nitrogens with one attached hydrogen (secondary N) is 1. The largest absolute Gasteiger partial charge is 0.465 e. The number of halogens is 1. The highest BCUT2D eigenvalue weighted by Gasteiger charge is 2.19. The summed E-state index contributed by atoms with van der Waals surface area (Å²) in [6, 6.07) is 6.09. The quantitative estimate of drug-likeness (QED) is 0.740. The summed E-state index contributed by atoms with van der Waals surface area (Å²) in [6.45, 7) is 6.08. The fourth-order valence-corrected chi connectivity index (χ4v) is 2.09. The summed E-state index contributed by atoms with van der Waals surface area (Å²) in [6.07, 6.45) is 3.03. The highest BCUT2D eigenvalue weighted by molar-refractivity contribution is 5.75. The summed E-state index contributed by atoms with van der Waals surface area (Å²) < 4.78 is 18.0. The van der Waals surface area contributed by atoms with Gasteiger partial charge in [0.15, 0.2) is 0 Å². The third-order valence-electron chi connectivity index (χ3n) is 3.21. The minimum Gasteiger partial charge on any atom is -0.465 e. The number of carbonyl (C=O) groups is 1. The van der Waals surface area contributed by atoms with Gasteiger partial charge in [-0.25, -0.2) is 4.39 Å². The first kappa shape index (κ1) is 16.6. The van der Waals surface area contributed by atoms with Crippen LogP contribution in [0, 0.1) is 5.82 Å². The molecular weight excluding hydrogens is 257 g/mol. The Balaban J connectivity index is 2.73. The molecule has 1 N–H and O–H groups in total. The third kappa shape index (κ3) is 5.29. The predicted octanol–water partition coefficient (Wildman–Crippen LogP) is 3.60. The van der Waals surface area contributed by atoms with Crippen molar-refractivity contribution in [3.63, 3.8) is 0 Å². The van der Waals surface area contributed by atoms with Crippen LogP contribution in [0.25, 0.3) is 0 Å². The molecule has 112 valence electrons. The summed E-state index contributed by atoms with van der Waals surface area (Å²) in [5.41, 5.74) is 0.996. The summed E-state index contributed by atoms with van der Waals surface area (Å²) in [5.74, 6) is -0.502. The summed E-state index contributed by atoms with van der Waals surface area (Å²) >= 11 is 0. The van der Waals surface area contributed by atoms with Crippen molar-refractivity contribution in [2.75, 3.05) is 6.61 Å². The van der Waals surface area contributed by atoms with Gasteiger partial charge in [0, 0.05) is 6.04 Å². The fraction of sp³-hybridized carbons (Fsp3) is 0.562. The molecule has 1 aromatic rings. The van der Waals surface area contributed by atoms with E-state index in [0.717, 1.165) is 24.8 Å². The van der Waals surface area contributed by atoms with Crippen molar-refractivity contribution in [2.24, 2.45) is 0 Å². The molecule has 0 aliphatic carbocycles. The van der Waals surface area contributed by atoms with E-state index in [4.69, 9.17) is 4.74 Å². The van der Waals surface area contributed by atoms with Gasteiger partial charge < -0.3 is 4.74 Å². The molecular formula is C16H24FNO2. The first-order valence-electron chi connectivity index (χ1n) is 7.26. The first-order chi connectivity index (χ1) is 9.58. The minimum absolute atomic E-state index is 0.0370. The first-order valence-corrected chi connectivity index (χ1v) is 7.26. The Labute approximate surface area is 120 Å². The van der Waals surface area contributed by atoms with Crippen LogP contribution in [0.1, 0.15) is 51.6 Å². The van der Waals surface area contributed by atoms with E-state index in [1.165, 1.54) is 12.1 Å². The van der Waals surface area contributed by atoms with Crippen LogP contribution in [0.15, 0.2) is 24.3 Å². The number of hydrogen-bond acceptors (Lipinski definition) is 3. The molecule has 0 radical (unpaired) electrons. The van der Waals surface area contributed by atoms with Gasteiger partial charge in [-0.05, 0) is 38.0 Å². The number of ether oxygens (including phenoxy) is 1. The number of unbranched alkanes of at least 4 members (excludes halogenated alkanes) is 1. The predicted molar refractivity (Wildman–Crippen MR) is 77.9 cm³/mol. The van der Waals surface area contributed by atoms with E-state index >= 15 is 0 Å². The van der Waals surface area contributed by atoms with E-state index in [-0.39, 0.29) is 23.9 Å². The molecule has 1 aromatic carbocycles. The summed E-state index contributed by atoms with van der Waals surface area (Å²) in [4.78, 5) is 11.7. The van der Waals surface area contributed by atoms with Gasteiger partial charge in [-0.3, -0.25) is 10.1 Å². The van der Waals surface area contributed by atoms with E-state index in [1.54, 1.807) is 26.0 Å². The molecule has 0 aliphatic heterocycles. The van der Waals surface area contributed by atoms with Crippen LogP contribution in [-0.2, 0) is 9.53 Å². The van der Waals surface area contributed by atoms with E-state index < -0.39 is 0 Å². The zero-order valence-electron chi connectivity index (χ0n) is 12.5. The molecule has 0 fully saturated rings. The van der Waals surface area contributed by atoms with Crippen molar-refractivity contribution < 1.29 is 13.9 Å². The van der Waals surface area contributed by atoms with Gasteiger partial charge in [-0.15, -0.1) is 0 Å². The molecule has 0 saturated carbocycles. The van der Waals surface area contributed by atoms with Crippen LogP contribution in [0.4, 0.5) is 4.39 Å². The van der Waals surface area contributed by atoms with Gasteiger partial charge in [0.2, 0.25) is 0 Å². The topological polar surface area (TPSA) is 38.3 Å². The second kappa shape index (κ2) is 8.69. The maximum Gasteiger partial charge on any atom is 0.322 e. The molecule has 2 unspecified atom stereocenters. The van der Waals surface area contributed by atoms with Crippen LogP contribution in [-0.4, -0.2) is 18.6 Å². The third-order valence-corrected chi connectivity index (χ3v) is 3.21. The van der Waals surface area contributed by atoms with Gasteiger partial charge >= 0.3 is 5.97 Å². The van der Waals surface area contributed by atoms with Gasteiger partial charge in [0.05, 0.1) is 6.61 Å². The van der Waals surface area contributed by atoms with Crippen LogP contribution in [0.2, 0.25) is 0 Å². The monoisotopic (exact) mass is 281 g/mol. The van der Waals surface area contributed by atoms with Crippen molar-refractivity contribution in [1.29, 1.82) is 0 Å². The highest BCUT2D eigenvalue weighted by Crippen LogP contribution is 2.20. The molecule has 4 heteroatoms. The second-order valence-electron chi connectivity index (χ2n) is 4.89. The maximum absolute atomic E-state index is 13.0. The molecule has 3 nitrogen and oxygen atoms in total. The van der Waals surface area contributed by atoms with Crippen LogP contribution < -0.4 is 5.32 Å². The Morgan fingerprint density at radius 3 is 2.50 bits per heavy atom. The van der Waals surface area contributed by atoms with E-state index in [2.05, 4.69) is 12.2 Å². The normalized spacial score (nSPS) is 13.8. The van der Waals surface area contributed by atoms with Gasteiger partial charge in [-0.2, -0.15) is 0 Å². The zero-order valence-corrected chi connectivity index (χ0v) is 12.5. The Bertz CT molecular complexity index is 405. The standard InChI is InChI=1S/C16H24FNO2/c1-4-6-7-15(13-8-10-14(17)11-9-13)18-12(3)16(19)20-5-2/h8-12,15,18H,4-7H2,1-3H3. The number of hydrogen-bond donors (Lipinski definition) is 1. The fourth-order valence-electron chi connectivity index (χ4n) is 2.09. The molecule has 0 saturated heterocycles. The van der Waals surface area contributed by atoms with Crippen molar-refractivity contribution >= 4 is 5.97 Å². The zero-order chi connectivity index (χ0) is 15.0. The average Bonchev–Trinajstić information content (AvgIpc) is 2.44. The lowest BCUT2D eigenvalue weighted by atomic mass is 10.00. The minimum atomic E-state index is -0.373. The Morgan fingerprint density at radius 2 is 1.95 bits per heavy atom. The molecule has 0 amide bonds. The van der Waals surface area contributed by atoms with Gasteiger partial charge in [-0.1, -0.05) is 31.9 Å². The maximum atomic E-state index is 13.0. The molecule has 20 heavy (non-hydrogen) atoms. The van der Waals surface area contributed by atoms with E-state index in [1.807, 2.05) is 0 Å². The number of benzene rings is 1. The number of carbonyl (C=O) groups excluding carboxylic acids is 1. The lowest BCUT2D eigenvalue weighted by Gasteiger charge is -2.22. The molecule has 0 heterocycles. The molecule has 0 spiro atoms. The molecule has 0 bridgehead atoms. The van der Waals surface area contributed by atoms with Gasteiger partial charge in [0.25, 0.3) is 0 Å². The molecule has 1 rings (SSSR count). The molecule has 0 aromatic heterocycles. The Morgan fingerprint density at radius 1 is 1.30 bits per heavy atom. The van der Waals surface area contributed by atoms with Crippen molar-refractivity contribution in [2.45, 2.75) is 52.1 Å². The summed E-state index contributed by atoms with van der Waals surface area (Å²) in [7, 11) is 0. The number of esters is 1. The van der Waals surface area contributed by atoms with Gasteiger partial charge in [0.1, 0.15) is 11.9 Å². The van der Waals surface area contributed by atoms with Crippen LogP contribution >= 0.6 is 0 Å².